The second kappa shape index (κ2) is 7.48. The van der Waals surface area contributed by atoms with E-state index in [4.69, 9.17) is 0 Å². The van der Waals surface area contributed by atoms with Gasteiger partial charge in [0.2, 0.25) is 5.91 Å². The zero-order valence-corrected chi connectivity index (χ0v) is 12.3. The predicted octanol–water partition coefficient (Wildman–Crippen LogP) is 1.65. The van der Waals surface area contributed by atoms with Crippen LogP contribution < -0.4 is 10.6 Å². The molecule has 1 aromatic rings. The van der Waals surface area contributed by atoms with Gasteiger partial charge in [0, 0.05) is 31.4 Å². The molecule has 0 bridgehead atoms. The number of hydrogen-bond donors (Lipinski definition) is 2. The molecule has 2 N–H and O–H groups in total. The molecular weight excluding hydrogens is 262 g/mol. The Kier molecular flexibility index (Phi) is 6.28. The van der Waals surface area contributed by atoms with Crippen molar-refractivity contribution in [3.05, 3.63) is 29.8 Å². The molecule has 1 amide bonds. The van der Waals surface area contributed by atoms with Crippen LogP contribution in [-0.4, -0.2) is 43.0 Å². The highest BCUT2D eigenvalue weighted by atomic mass is 35.5. The van der Waals surface area contributed by atoms with Crippen LogP contribution in [0.1, 0.15) is 12.5 Å². The van der Waals surface area contributed by atoms with Crippen molar-refractivity contribution in [3.8, 4) is 0 Å². The zero-order valence-electron chi connectivity index (χ0n) is 11.5. The first kappa shape index (κ1) is 16.0. The van der Waals surface area contributed by atoms with Gasteiger partial charge in [-0.15, -0.1) is 12.4 Å². The van der Waals surface area contributed by atoms with Crippen molar-refractivity contribution in [1.29, 1.82) is 0 Å². The molecule has 1 fully saturated rings. The summed E-state index contributed by atoms with van der Waals surface area (Å²) in [7, 11) is 0. The summed E-state index contributed by atoms with van der Waals surface area (Å²) in [5.41, 5.74) is 2.03. The van der Waals surface area contributed by atoms with Crippen LogP contribution in [0, 0.1) is 6.92 Å². The fourth-order valence-electron chi connectivity index (χ4n) is 2.23. The number of halogens is 1. The Morgan fingerprint density at radius 1 is 1.53 bits per heavy atom. The van der Waals surface area contributed by atoms with Crippen LogP contribution in [0.25, 0.3) is 0 Å². The average Bonchev–Trinajstić information content (AvgIpc) is 2.32. The third kappa shape index (κ3) is 4.82. The van der Waals surface area contributed by atoms with Crippen molar-refractivity contribution in [2.75, 3.05) is 31.5 Å². The van der Waals surface area contributed by atoms with E-state index in [1.54, 1.807) is 0 Å². The van der Waals surface area contributed by atoms with Gasteiger partial charge in [0.1, 0.15) is 0 Å². The minimum Gasteiger partial charge on any atom is -0.325 e. The molecule has 106 valence electrons. The lowest BCUT2D eigenvalue weighted by Gasteiger charge is -2.33. The minimum atomic E-state index is 0. The van der Waals surface area contributed by atoms with Gasteiger partial charge in [-0.05, 0) is 31.5 Å². The van der Waals surface area contributed by atoms with Crippen LogP contribution in [0.3, 0.4) is 0 Å². The smallest absolute Gasteiger partial charge is 0.238 e. The van der Waals surface area contributed by atoms with Crippen LogP contribution in [-0.2, 0) is 4.79 Å². The third-order valence-electron chi connectivity index (χ3n) is 3.29. The predicted molar refractivity (Wildman–Crippen MR) is 81.0 cm³/mol. The Morgan fingerprint density at radius 2 is 2.32 bits per heavy atom. The van der Waals surface area contributed by atoms with Crippen molar-refractivity contribution in [2.45, 2.75) is 19.9 Å². The third-order valence-corrected chi connectivity index (χ3v) is 3.29. The molecule has 0 spiro atoms. The Labute approximate surface area is 121 Å². The highest BCUT2D eigenvalue weighted by Crippen LogP contribution is 2.10. The quantitative estimate of drug-likeness (QED) is 0.887. The molecule has 19 heavy (non-hydrogen) atoms. The number of piperazine rings is 1. The van der Waals surface area contributed by atoms with E-state index in [-0.39, 0.29) is 18.3 Å². The van der Waals surface area contributed by atoms with E-state index in [9.17, 15) is 4.79 Å². The lowest BCUT2D eigenvalue weighted by Crippen LogP contribution is -2.51. The number of carbonyl (C=O) groups is 1. The highest BCUT2D eigenvalue weighted by Gasteiger charge is 2.20. The normalized spacial score (nSPS) is 19.6. The molecule has 1 aliphatic rings. The number of carbonyl (C=O) groups excluding carboxylic acids is 1. The van der Waals surface area contributed by atoms with Crippen molar-refractivity contribution < 1.29 is 4.79 Å². The summed E-state index contributed by atoms with van der Waals surface area (Å²) in [5, 5.41) is 6.27. The molecule has 0 radical (unpaired) electrons. The fraction of sp³-hybridized carbons (Fsp3) is 0.500. The van der Waals surface area contributed by atoms with Crippen molar-refractivity contribution in [3.63, 3.8) is 0 Å². The number of nitrogens with zero attached hydrogens (tertiary/aromatic N) is 1. The van der Waals surface area contributed by atoms with Gasteiger partial charge in [-0.2, -0.15) is 0 Å². The van der Waals surface area contributed by atoms with Gasteiger partial charge in [-0.1, -0.05) is 12.1 Å². The molecule has 2 rings (SSSR count). The summed E-state index contributed by atoms with van der Waals surface area (Å²) in [4.78, 5) is 14.2. The van der Waals surface area contributed by atoms with Crippen molar-refractivity contribution in [1.82, 2.24) is 10.2 Å². The molecule has 1 aliphatic heterocycles. The lowest BCUT2D eigenvalue weighted by molar-refractivity contribution is -0.118. The maximum atomic E-state index is 12.0. The van der Waals surface area contributed by atoms with Crippen LogP contribution >= 0.6 is 12.4 Å². The molecule has 1 saturated heterocycles. The molecule has 5 heteroatoms. The largest absolute Gasteiger partial charge is 0.325 e. The monoisotopic (exact) mass is 283 g/mol. The molecule has 1 atom stereocenters. The second-order valence-electron chi connectivity index (χ2n) is 4.94. The number of amides is 1. The van der Waals surface area contributed by atoms with Crippen LogP contribution in [0.2, 0.25) is 0 Å². The topological polar surface area (TPSA) is 44.4 Å². The minimum absolute atomic E-state index is 0. The van der Waals surface area contributed by atoms with Crippen LogP contribution in [0.15, 0.2) is 24.3 Å². The van der Waals surface area contributed by atoms with Gasteiger partial charge in [-0.25, -0.2) is 0 Å². The van der Waals surface area contributed by atoms with Crippen molar-refractivity contribution >= 4 is 24.0 Å². The Morgan fingerprint density at radius 3 is 3.00 bits per heavy atom. The maximum Gasteiger partial charge on any atom is 0.238 e. The number of rotatable bonds is 3. The number of aryl methyl sites for hydroxylation is 1. The second-order valence-corrected chi connectivity index (χ2v) is 4.94. The first-order valence-electron chi connectivity index (χ1n) is 6.46. The molecule has 4 nitrogen and oxygen atoms in total. The fourth-order valence-corrected chi connectivity index (χ4v) is 2.23. The Hall–Kier alpha value is -1.10. The van der Waals surface area contributed by atoms with Gasteiger partial charge < -0.3 is 10.6 Å². The SMILES string of the molecule is Cc1cccc(NC(=O)CN2CCNCC2C)c1.Cl. The summed E-state index contributed by atoms with van der Waals surface area (Å²) >= 11 is 0. The van der Waals surface area contributed by atoms with E-state index in [0.717, 1.165) is 30.9 Å². The molecule has 1 aromatic carbocycles. The van der Waals surface area contributed by atoms with E-state index in [2.05, 4.69) is 22.5 Å². The van der Waals surface area contributed by atoms with E-state index >= 15 is 0 Å². The Balaban J connectivity index is 0.00000180. The van der Waals surface area contributed by atoms with E-state index in [1.165, 1.54) is 0 Å². The summed E-state index contributed by atoms with van der Waals surface area (Å²) in [6.07, 6.45) is 0. The van der Waals surface area contributed by atoms with Gasteiger partial charge >= 0.3 is 0 Å². The van der Waals surface area contributed by atoms with E-state index in [1.807, 2.05) is 31.2 Å². The van der Waals surface area contributed by atoms with Gasteiger partial charge in [-0.3, -0.25) is 9.69 Å². The van der Waals surface area contributed by atoms with Crippen LogP contribution in [0.5, 0.6) is 0 Å². The number of nitrogens with one attached hydrogen (secondary N) is 2. The number of hydrogen-bond acceptors (Lipinski definition) is 3. The Bertz CT molecular complexity index is 425. The molecular formula is C14H22ClN3O. The zero-order chi connectivity index (χ0) is 13.0. The molecule has 1 heterocycles. The standard InChI is InChI=1S/C14H21N3O.ClH/c1-11-4-3-5-13(8-11)16-14(18)10-17-7-6-15-9-12(17)2;/h3-5,8,12,15H,6-7,9-10H2,1-2H3,(H,16,18);1H. The molecule has 0 saturated carbocycles. The van der Waals surface area contributed by atoms with Crippen molar-refractivity contribution in [2.24, 2.45) is 0 Å². The van der Waals surface area contributed by atoms with Crippen LogP contribution in [0.4, 0.5) is 5.69 Å². The lowest BCUT2D eigenvalue weighted by atomic mass is 10.2. The summed E-state index contributed by atoms with van der Waals surface area (Å²) in [6, 6.07) is 8.31. The van der Waals surface area contributed by atoms with Gasteiger partial charge in [0.15, 0.2) is 0 Å². The molecule has 1 unspecified atom stereocenters. The summed E-state index contributed by atoms with van der Waals surface area (Å²) in [5.74, 6) is 0.0642. The summed E-state index contributed by atoms with van der Waals surface area (Å²) in [6.45, 7) is 7.49. The van der Waals surface area contributed by atoms with E-state index < -0.39 is 0 Å². The summed E-state index contributed by atoms with van der Waals surface area (Å²) < 4.78 is 0. The van der Waals surface area contributed by atoms with E-state index in [0.29, 0.717) is 12.6 Å². The number of benzene rings is 1. The molecule has 0 aromatic heterocycles. The first-order chi connectivity index (χ1) is 8.65. The first-order valence-corrected chi connectivity index (χ1v) is 6.46. The average molecular weight is 284 g/mol. The van der Waals surface area contributed by atoms with Gasteiger partial charge in [0.05, 0.1) is 6.54 Å². The number of anilines is 1. The molecule has 0 aliphatic carbocycles. The van der Waals surface area contributed by atoms with Gasteiger partial charge in [0.25, 0.3) is 0 Å². The maximum absolute atomic E-state index is 12.0. The highest BCUT2D eigenvalue weighted by molar-refractivity contribution is 5.92.